The Bertz CT molecular complexity index is 154. The number of esters is 1. The summed E-state index contributed by atoms with van der Waals surface area (Å²) in [5.74, 6) is -0.428. The summed E-state index contributed by atoms with van der Waals surface area (Å²) in [5.41, 5.74) is 0.248. The zero-order valence-electron chi connectivity index (χ0n) is 6.96. The summed E-state index contributed by atoms with van der Waals surface area (Å²) in [5, 5.41) is 8.41. The highest BCUT2D eigenvalue weighted by atomic mass is 28.1. The summed E-state index contributed by atoms with van der Waals surface area (Å²) >= 11 is 0. The van der Waals surface area contributed by atoms with Crippen molar-refractivity contribution in [3.8, 4) is 0 Å². The van der Waals surface area contributed by atoms with Crippen molar-refractivity contribution in [1.29, 1.82) is 0 Å². The Hall–Kier alpha value is -0.773. The van der Waals surface area contributed by atoms with Crippen LogP contribution in [-0.2, 0) is 9.53 Å². The van der Waals surface area contributed by atoms with Crippen LogP contribution < -0.4 is 0 Å². The minimum absolute atomic E-state index is 0.248. The van der Waals surface area contributed by atoms with Gasteiger partial charge in [0.15, 0.2) is 0 Å². The molecule has 0 aromatic rings. The minimum atomic E-state index is -0.428. The van der Waals surface area contributed by atoms with Crippen molar-refractivity contribution in [2.24, 2.45) is 0 Å². The number of carbonyl (C=O) groups is 1. The predicted octanol–water partition coefficient (Wildman–Crippen LogP) is 0.165. The van der Waals surface area contributed by atoms with Gasteiger partial charge in [0, 0.05) is 10.2 Å². The molecule has 1 N–H and O–H groups in total. The van der Waals surface area contributed by atoms with Crippen LogP contribution in [0.2, 0.25) is 6.04 Å². The van der Waals surface area contributed by atoms with Gasteiger partial charge in [-0.3, -0.25) is 0 Å². The van der Waals surface area contributed by atoms with Crippen LogP contribution in [-0.4, -0.2) is 27.9 Å². The molecule has 0 bridgehead atoms. The van der Waals surface area contributed by atoms with Crippen LogP contribution in [0.15, 0.2) is 11.8 Å². The van der Waals surface area contributed by atoms with E-state index in [1.807, 2.05) is 0 Å². The molecule has 0 aliphatic heterocycles. The minimum Gasteiger partial charge on any atom is -0.515 e. The highest BCUT2D eigenvalue weighted by Gasteiger charge is 2.03. The van der Waals surface area contributed by atoms with E-state index in [0.717, 1.165) is 29.0 Å². The number of aliphatic hydroxyl groups is 1. The van der Waals surface area contributed by atoms with Crippen LogP contribution in [0.3, 0.4) is 0 Å². The zero-order chi connectivity index (χ0) is 8.69. The molecule has 0 aromatic heterocycles. The van der Waals surface area contributed by atoms with Crippen molar-refractivity contribution in [3.05, 3.63) is 11.8 Å². The molecule has 0 saturated heterocycles. The number of aliphatic hydroxyl groups excluding tert-OH is 1. The summed E-state index contributed by atoms with van der Waals surface area (Å²) in [4.78, 5) is 10.8. The third-order valence-electron chi connectivity index (χ3n) is 1.25. The van der Waals surface area contributed by atoms with E-state index in [4.69, 9.17) is 9.84 Å². The third-order valence-corrected chi connectivity index (χ3v) is 1.95. The lowest BCUT2D eigenvalue weighted by Gasteiger charge is -2.01. The van der Waals surface area contributed by atoms with E-state index in [9.17, 15) is 4.79 Å². The average Bonchev–Trinajstić information content (AvgIpc) is 2.03. The summed E-state index contributed by atoms with van der Waals surface area (Å²) < 4.78 is 4.79. The second-order valence-electron chi connectivity index (χ2n) is 2.30. The number of hydrogen-bond donors (Lipinski definition) is 1. The molecule has 0 unspecified atom stereocenters. The Balaban J connectivity index is 3.53. The molecule has 0 aromatic carbocycles. The topological polar surface area (TPSA) is 46.5 Å². The van der Waals surface area contributed by atoms with Gasteiger partial charge in [-0.1, -0.05) is 6.04 Å². The molecule has 0 amide bonds. The SMILES string of the molecule is CC(=CO)C(=O)OCCC[SiH3]. The van der Waals surface area contributed by atoms with E-state index in [1.54, 1.807) is 0 Å². The van der Waals surface area contributed by atoms with Crippen LogP contribution in [0.25, 0.3) is 0 Å². The maximum absolute atomic E-state index is 10.8. The molecule has 0 atom stereocenters. The van der Waals surface area contributed by atoms with E-state index in [1.165, 1.54) is 6.92 Å². The fraction of sp³-hybridized carbons (Fsp3) is 0.571. The van der Waals surface area contributed by atoms with Crippen LogP contribution in [0.5, 0.6) is 0 Å². The first-order valence-electron chi connectivity index (χ1n) is 3.70. The Morgan fingerprint density at radius 1 is 1.73 bits per heavy atom. The molecule has 0 radical (unpaired) electrons. The van der Waals surface area contributed by atoms with Gasteiger partial charge in [0.05, 0.1) is 18.4 Å². The highest BCUT2D eigenvalue weighted by Crippen LogP contribution is 1.96. The number of ether oxygens (including phenoxy) is 1. The van der Waals surface area contributed by atoms with E-state index >= 15 is 0 Å². The lowest BCUT2D eigenvalue weighted by molar-refractivity contribution is -0.139. The monoisotopic (exact) mass is 174 g/mol. The van der Waals surface area contributed by atoms with E-state index < -0.39 is 5.97 Å². The van der Waals surface area contributed by atoms with Gasteiger partial charge in [0.1, 0.15) is 0 Å². The van der Waals surface area contributed by atoms with Gasteiger partial charge in [-0.2, -0.15) is 0 Å². The second-order valence-corrected chi connectivity index (χ2v) is 3.30. The molecule has 0 fully saturated rings. The molecule has 4 heteroatoms. The Labute approximate surface area is 69.5 Å². The largest absolute Gasteiger partial charge is 0.515 e. The van der Waals surface area contributed by atoms with Crippen molar-refractivity contribution in [3.63, 3.8) is 0 Å². The molecule has 0 rings (SSSR count). The molecule has 0 spiro atoms. The van der Waals surface area contributed by atoms with Gasteiger partial charge in [-0.25, -0.2) is 4.79 Å². The van der Waals surface area contributed by atoms with Gasteiger partial charge in [0.2, 0.25) is 0 Å². The van der Waals surface area contributed by atoms with Crippen molar-refractivity contribution in [2.75, 3.05) is 6.61 Å². The van der Waals surface area contributed by atoms with Gasteiger partial charge in [-0.05, 0) is 13.3 Å². The van der Waals surface area contributed by atoms with Crippen molar-refractivity contribution < 1.29 is 14.6 Å². The predicted molar refractivity (Wildman–Crippen MR) is 46.7 cm³/mol. The molecular formula is C7H14O3Si. The van der Waals surface area contributed by atoms with E-state index in [-0.39, 0.29) is 5.57 Å². The molecule has 0 saturated carbocycles. The molecule has 3 nitrogen and oxygen atoms in total. The van der Waals surface area contributed by atoms with Crippen molar-refractivity contribution in [2.45, 2.75) is 19.4 Å². The quantitative estimate of drug-likeness (QED) is 0.217. The summed E-state index contributed by atoms with van der Waals surface area (Å²) in [7, 11) is 1.14. The van der Waals surface area contributed by atoms with Gasteiger partial charge in [-0.15, -0.1) is 0 Å². The number of carbonyl (C=O) groups excluding carboxylic acids is 1. The smallest absolute Gasteiger partial charge is 0.336 e. The van der Waals surface area contributed by atoms with Crippen LogP contribution in [0.1, 0.15) is 13.3 Å². The van der Waals surface area contributed by atoms with Gasteiger partial charge >= 0.3 is 5.97 Å². The molecular weight excluding hydrogens is 160 g/mol. The second kappa shape index (κ2) is 5.97. The maximum atomic E-state index is 10.8. The van der Waals surface area contributed by atoms with Crippen molar-refractivity contribution in [1.82, 2.24) is 0 Å². The van der Waals surface area contributed by atoms with E-state index in [2.05, 4.69) is 0 Å². The third kappa shape index (κ3) is 4.61. The fourth-order valence-electron chi connectivity index (χ4n) is 0.476. The number of hydrogen-bond acceptors (Lipinski definition) is 3. The summed E-state index contributed by atoms with van der Waals surface area (Å²) in [6, 6.07) is 1.13. The summed E-state index contributed by atoms with van der Waals surface area (Å²) in [6.07, 6.45) is 1.69. The highest BCUT2D eigenvalue weighted by molar-refractivity contribution is 6.08. The van der Waals surface area contributed by atoms with Gasteiger partial charge < -0.3 is 9.84 Å². The van der Waals surface area contributed by atoms with E-state index in [0.29, 0.717) is 6.61 Å². The average molecular weight is 174 g/mol. The van der Waals surface area contributed by atoms with Crippen molar-refractivity contribution >= 4 is 16.2 Å². The Morgan fingerprint density at radius 2 is 2.36 bits per heavy atom. The summed E-state index contributed by atoms with van der Waals surface area (Å²) in [6.45, 7) is 1.98. The normalized spacial score (nSPS) is 11.5. The maximum Gasteiger partial charge on any atom is 0.336 e. The zero-order valence-corrected chi connectivity index (χ0v) is 8.96. The van der Waals surface area contributed by atoms with Crippen LogP contribution >= 0.6 is 0 Å². The van der Waals surface area contributed by atoms with Crippen LogP contribution in [0.4, 0.5) is 0 Å². The number of rotatable bonds is 4. The first-order chi connectivity index (χ1) is 5.22. The molecule has 11 heavy (non-hydrogen) atoms. The lowest BCUT2D eigenvalue weighted by Crippen LogP contribution is -2.06. The lowest BCUT2D eigenvalue weighted by atomic mass is 10.3. The standard InChI is InChI=1S/C7H14O3Si/c1-6(5-8)7(9)10-3-2-4-11/h5,8H,2-4H2,1,11H3. The first-order valence-corrected chi connectivity index (χ1v) is 5.12. The Morgan fingerprint density at radius 3 is 2.82 bits per heavy atom. The molecule has 0 aliphatic carbocycles. The first kappa shape index (κ1) is 10.2. The molecule has 64 valence electrons. The molecule has 0 aliphatic rings. The fourth-order valence-corrected chi connectivity index (χ4v) is 0.764. The van der Waals surface area contributed by atoms with Crippen LogP contribution in [0, 0.1) is 0 Å². The molecule has 0 heterocycles. The Kier molecular flexibility index (Phi) is 5.55. The van der Waals surface area contributed by atoms with Gasteiger partial charge in [0.25, 0.3) is 0 Å².